The van der Waals surface area contributed by atoms with Crippen molar-refractivity contribution in [3.63, 3.8) is 0 Å². The first-order valence-electron chi connectivity index (χ1n) is 23.8. The van der Waals surface area contributed by atoms with Crippen LogP contribution in [0.15, 0.2) is 122 Å². The van der Waals surface area contributed by atoms with Crippen LogP contribution in [-0.2, 0) is 21.9 Å². The van der Waals surface area contributed by atoms with E-state index in [9.17, 15) is 41.0 Å². The van der Waals surface area contributed by atoms with Crippen LogP contribution in [-0.4, -0.2) is 121 Å². The Morgan fingerprint density at radius 1 is 0.658 bits per heavy atom. The number of fused-ring (bicyclic) bond motifs is 2. The number of hydrogen-bond acceptors (Lipinski definition) is 16. The van der Waals surface area contributed by atoms with Gasteiger partial charge in [-0.2, -0.15) is 26.3 Å². The van der Waals surface area contributed by atoms with Crippen molar-refractivity contribution in [2.45, 2.75) is 56.7 Å². The molecule has 396 valence electrons. The standard InChI is InChI=1S/C25H25F3N8O2.C20H14F3N7O.C5H11NO/c26-25(27,28)20-5-1-3-18(31-20)23-33-24(19-4-2-11-36(19)34-23)30-16-6-10-29-21(15-16)32-22(38)9-14-35-12-7-17(37)8-13-35;1-2-17(31)27-16-11-12(8-9-24-16)25-19-14-6-4-10-30(14)29-18(28-19)13-5-3-7-15(26-13)20(21,22)23;7-5-1-3-6-4-2-5/h1-6,10-11,15,17,37H,7-9,12-14H2,(H2,29,30,32,33,34,38);2-11H,1H2,(H2,24,25,27,28,29,31);5-7H,1-4H2. The van der Waals surface area contributed by atoms with Gasteiger partial charge < -0.3 is 41.7 Å². The summed E-state index contributed by atoms with van der Waals surface area (Å²) in [4.78, 5) is 50.5. The Morgan fingerprint density at radius 3 is 1.61 bits per heavy atom. The number of carbonyl (C=O) groups excluding carboxylic acids is 2. The van der Waals surface area contributed by atoms with Gasteiger partial charge in [-0.25, -0.2) is 38.9 Å². The van der Waals surface area contributed by atoms with Crippen LogP contribution in [0.2, 0.25) is 0 Å². The lowest BCUT2D eigenvalue weighted by atomic mass is 10.1. The fourth-order valence-corrected chi connectivity index (χ4v) is 7.72. The highest BCUT2D eigenvalue weighted by Gasteiger charge is 2.34. The Bertz CT molecular complexity index is 3280. The third kappa shape index (κ3) is 14.6. The highest BCUT2D eigenvalue weighted by atomic mass is 19.4. The second-order valence-electron chi connectivity index (χ2n) is 17.2. The van der Waals surface area contributed by atoms with Crippen LogP contribution in [0.3, 0.4) is 0 Å². The number of nitrogens with one attached hydrogen (secondary N) is 5. The molecule has 2 saturated heterocycles. The molecule has 2 aliphatic rings. The first-order chi connectivity index (χ1) is 36.5. The molecule has 2 fully saturated rings. The normalized spacial score (nSPS) is 14.5. The van der Waals surface area contributed by atoms with Gasteiger partial charge in [-0.3, -0.25) is 9.59 Å². The van der Waals surface area contributed by atoms with Crippen LogP contribution in [0.4, 0.5) is 61.0 Å². The molecule has 10 rings (SSSR count). The first kappa shape index (κ1) is 53.8. The number of hydrogen-bond donors (Lipinski definition) is 7. The summed E-state index contributed by atoms with van der Waals surface area (Å²) in [5, 5.41) is 41.8. The van der Waals surface area contributed by atoms with Crippen LogP contribution in [0.1, 0.15) is 43.5 Å². The SMILES string of the molecule is C=CC(=O)Nc1cc(Nc2nc(-c3cccc(C(F)(F)F)n3)nn3cccc23)ccn1.O=C(CCN1CCC(O)CC1)Nc1cc(Nc2nc(-c3cccc(C(F)(F)F)n3)nn3cccc23)ccn1.OC1CCNCC1. The number of carbonyl (C=O) groups is 2. The Morgan fingerprint density at radius 2 is 1.14 bits per heavy atom. The Kier molecular flexibility index (Phi) is 17.2. The summed E-state index contributed by atoms with van der Waals surface area (Å²) >= 11 is 0. The maximum Gasteiger partial charge on any atom is 0.433 e. The Hall–Kier alpha value is -8.46. The van der Waals surface area contributed by atoms with Gasteiger partial charge in [-0.05, 0) is 106 Å². The van der Waals surface area contributed by atoms with Crippen molar-refractivity contribution in [2.24, 2.45) is 0 Å². The van der Waals surface area contributed by atoms with Crippen LogP contribution in [0.25, 0.3) is 34.1 Å². The maximum absolute atomic E-state index is 13.2. The number of alkyl halides is 6. The fourth-order valence-electron chi connectivity index (χ4n) is 7.72. The number of piperidine rings is 2. The summed E-state index contributed by atoms with van der Waals surface area (Å²) in [5.74, 6) is 0.718. The van der Waals surface area contributed by atoms with Crippen LogP contribution >= 0.6 is 0 Å². The van der Waals surface area contributed by atoms with E-state index < -0.39 is 29.6 Å². The molecule has 76 heavy (non-hydrogen) atoms. The van der Waals surface area contributed by atoms with Gasteiger partial charge in [0.15, 0.2) is 11.6 Å². The van der Waals surface area contributed by atoms with Crippen molar-refractivity contribution < 1.29 is 46.1 Å². The maximum atomic E-state index is 13.2. The lowest BCUT2D eigenvalue weighted by molar-refractivity contribution is -0.141. The molecule has 8 aromatic heterocycles. The van der Waals surface area contributed by atoms with Gasteiger partial charge >= 0.3 is 12.4 Å². The average molecular weight is 1050 g/mol. The Labute approximate surface area is 429 Å². The molecule has 8 aromatic rings. The summed E-state index contributed by atoms with van der Waals surface area (Å²) < 4.78 is 81.6. The summed E-state index contributed by atoms with van der Waals surface area (Å²) in [7, 11) is 0. The van der Waals surface area contributed by atoms with E-state index in [1.165, 1.54) is 45.7 Å². The molecule has 2 aliphatic heterocycles. The van der Waals surface area contributed by atoms with E-state index in [2.05, 4.69) is 78.2 Å². The van der Waals surface area contributed by atoms with Gasteiger partial charge in [0.1, 0.15) is 45.4 Å². The second-order valence-corrected chi connectivity index (χ2v) is 17.2. The van der Waals surface area contributed by atoms with Crippen molar-refractivity contribution in [2.75, 3.05) is 54.0 Å². The van der Waals surface area contributed by atoms with Gasteiger partial charge in [0, 0.05) is 74.3 Å². The largest absolute Gasteiger partial charge is 0.433 e. The monoisotopic (exact) mass is 1050 g/mol. The number of rotatable bonds is 12. The lowest BCUT2D eigenvalue weighted by Crippen LogP contribution is -2.37. The predicted molar refractivity (Wildman–Crippen MR) is 269 cm³/mol. The molecule has 2 amide bonds. The van der Waals surface area contributed by atoms with Crippen molar-refractivity contribution >= 4 is 57.5 Å². The minimum absolute atomic E-state index is 0.00606. The number of halogens is 6. The third-order valence-corrected chi connectivity index (χ3v) is 11.6. The first-order valence-corrected chi connectivity index (χ1v) is 23.8. The van der Waals surface area contributed by atoms with Crippen molar-refractivity contribution in [1.29, 1.82) is 0 Å². The molecule has 10 heterocycles. The molecule has 20 nitrogen and oxygen atoms in total. The number of amides is 2. The van der Waals surface area contributed by atoms with Gasteiger partial charge in [-0.1, -0.05) is 18.7 Å². The smallest absolute Gasteiger partial charge is 0.393 e. The molecule has 26 heteroatoms. The van der Waals surface area contributed by atoms with E-state index in [1.54, 1.807) is 60.9 Å². The van der Waals surface area contributed by atoms with Crippen LogP contribution in [0, 0.1) is 0 Å². The number of aliphatic hydroxyl groups excluding tert-OH is 2. The predicted octanol–water partition coefficient (Wildman–Crippen LogP) is 7.54. The number of aromatic nitrogens is 10. The van der Waals surface area contributed by atoms with Crippen molar-refractivity contribution in [1.82, 2.24) is 59.3 Å². The molecule has 0 aromatic carbocycles. The molecular weight excluding hydrogens is 1000 g/mol. The zero-order chi connectivity index (χ0) is 53.8. The zero-order valence-electron chi connectivity index (χ0n) is 40.3. The van der Waals surface area contributed by atoms with Gasteiger partial charge in [0.2, 0.25) is 23.5 Å². The van der Waals surface area contributed by atoms with Crippen LogP contribution < -0.4 is 26.6 Å². The van der Waals surface area contributed by atoms with E-state index in [-0.39, 0.29) is 47.0 Å². The number of aliphatic hydroxyl groups is 2. The Balaban J connectivity index is 0.000000181. The minimum atomic E-state index is -4.59. The van der Waals surface area contributed by atoms with E-state index in [0.717, 1.165) is 57.2 Å². The minimum Gasteiger partial charge on any atom is -0.393 e. The molecule has 0 aliphatic carbocycles. The zero-order valence-corrected chi connectivity index (χ0v) is 40.3. The number of nitrogens with zero attached hydrogens (tertiary/aromatic N) is 11. The van der Waals surface area contributed by atoms with E-state index >= 15 is 0 Å². The molecule has 0 spiro atoms. The molecule has 0 bridgehead atoms. The van der Waals surface area contributed by atoms with Crippen molar-refractivity contribution in [3.05, 3.63) is 134 Å². The third-order valence-electron chi connectivity index (χ3n) is 11.6. The van der Waals surface area contributed by atoms with E-state index in [1.807, 2.05) is 0 Å². The molecular formula is C50H50F6N16O4. The summed E-state index contributed by atoms with van der Waals surface area (Å²) in [6, 6.07) is 20.6. The van der Waals surface area contributed by atoms with Crippen molar-refractivity contribution in [3.8, 4) is 23.0 Å². The molecule has 0 radical (unpaired) electrons. The number of likely N-dealkylation sites (tertiary alicyclic amines) is 1. The van der Waals surface area contributed by atoms with Gasteiger partial charge in [-0.15, -0.1) is 10.2 Å². The van der Waals surface area contributed by atoms with Crippen LogP contribution in [0.5, 0.6) is 0 Å². The fraction of sp³-hybridized carbons (Fsp3) is 0.280. The second kappa shape index (κ2) is 24.3. The summed E-state index contributed by atoms with van der Waals surface area (Å²) in [6.45, 7) is 7.47. The number of pyridine rings is 4. The lowest BCUT2D eigenvalue weighted by Gasteiger charge is -2.29. The average Bonchev–Trinajstić information content (AvgIpc) is 4.10. The van der Waals surface area contributed by atoms with Gasteiger partial charge in [0.05, 0.1) is 12.2 Å². The summed E-state index contributed by atoms with van der Waals surface area (Å²) in [5.41, 5.74) is 0.162. The highest BCUT2D eigenvalue weighted by Crippen LogP contribution is 2.32. The molecule has 7 N–H and O–H groups in total. The van der Waals surface area contributed by atoms with E-state index in [0.29, 0.717) is 65.7 Å². The topological polar surface area (TPSA) is 250 Å². The molecule has 0 atom stereocenters. The molecule has 0 saturated carbocycles. The molecule has 0 unspecified atom stereocenters. The highest BCUT2D eigenvalue weighted by molar-refractivity contribution is 5.98. The summed E-state index contributed by atoms with van der Waals surface area (Å²) in [6.07, 6.45) is 1.51. The van der Waals surface area contributed by atoms with E-state index in [4.69, 9.17) is 5.11 Å². The number of anilines is 6. The van der Waals surface area contributed by atoms with Gasteiger partial charge in [0.25, 0.3) is 0 Å². The quantitative estimate of drug-likeness (QED) is 0.0461.